The molecule has 0 nitrogen and oxygen atoms in total. The van der Waals surface area contributed by atoms with Gasteiger partial charge in [0.1, 0.15) is 20.0 Å². The molecule has 0 radical (unpaired) electrons. The van der Waals surface area contributed by atoms with Gasteiger partial charge in [0.05, 0.1) is 8.47 Å². The molecule has 0 fully saturated rings. The number of thioether (sulfide) groups is 6. The van der Waals surface area contributed by atoms with Gasteiger partial charge in [-0.15, -0.1) is 23.5 Å². The summed E-state index contributed by atoms with van der Waals surface area (Å²) in [7, 11) is 0. The third-order valence-corrected chi connectivity index (χ3v) is 15.0. The summed E-state index contributed by atoms with van der Waals surface area (Å²) in [6.45, 7) is 0. The number of hydrogen-bond acceptors (Lipinski definition) is 6. The Labute approximate surface area is 141 Å². The topological polar surface area (TPSA) is 0 Å². The van der Waals surface area contributed by atoms with E-state index in [1.165, 1.54) is 23.0 Å². The highest BCUT2D eigenvalue weighted by Gasteiger charge is 2.37. The predicted octanol–water partition coefficient (Wildman–Crippen LogP) is 4.45. The molecule has 4 rings (SSSR count). The minimum absolute atomic E-state index is 1.31. The highest BCUT2D eigenvalue weighted by atomic mass is 32.3. The van der Waals surface area contributed by atoms with Gasteiger partial charge in [0.25, 0.3) is 0 Å². The first kappa shape index (κ1) is 13.7. The van der Waals surface area contributed by atoms with Crippen molar-refractivity contribution < 1.29 is 0 Å². The standard InChI is InChI=1S/C10H8S8/c1-2-12-6-5(11-1)15-9(16-6)10-17-7-8(18-10)14-4-3-13-7/h1-4H2/p+2. The van der Waals surface area contributed by atoms with Crippen LogP contribution in [0.3, 0.4) is 0 Å². The van der Waals surface area contributed by atoms with Crippen molar-refractivity contribution in [2.45, 2.75) is 0 Å². The van der Waals surface area contributed by atoms with E-state index in [4.69, 9.17) is 0 Å². The molecule has 0 unspecified atom stereocenters. The molecule has 0 aromatic rings. The van der Waals surface area contributed by atoms with E-state index in [1.807, 2.05) is 47.0 Å². The van der Waals surface area contributed by atoms with Crippen LogP contribution in [0.15, 0.2) is 25.4 Å². The quantitative estimate of drug-likeness (QED) is 0.442. The maximum absolute atomic E-state index is 2.06. The molecule has 0 spiro atoms. The molecule has 4 heterocycles. The van der Waals surface area contributed by atoms with Gasteiger partial charge in [-0.05, 0) is 23.5 Å². The van der Waals surface area contributed by atoms with E-state index in [1.54, 1.807) is 48.9 Å². The largest absolute Gasteiger partial charge is 0.211 e. The van der Waals surface area contributed by atoms with E-state index in [0.717, 1.165) is 0 Å². The molecule has 0 N–H and O–H groups in total. The van der Waals surface area contributed by atoms with Crippen molar-refractivity contribution in [3.63, 3.8) is 0 Å². The third-order valence-electron chi connectivity index (χ3n) is 2.43. The molecule has 0 amide bonds. The smallest absolute Gasteiger partial charge is 0.108 e. The fourth-order valence-corrected chi connectivity index (χ4v) is 14.4. The van der Waals surface area contributed by atoms with Gasteiger partial charge in [0.15, 0.2) is 0 Å². The van der Waals surface area contributed by atoms with Crippen LogP contribution in [0, 0.1) is 0 Å². The SMILES string of the molecule is C1C[SH+]C2=C(S1)SC(=C1SC3=C(S1)[SH+]CCS3)S2. The van der Waals surface area contributed by atoms with E-state index < -0.39 is 0 Å². The summed E-state index contributed by atoms with van der Waals surface area (Å²) in [6.07, 6.45) is 0. The highest BCUT2D eigenvalue weighted by Crippen LogP contribution is 2.64. The van der Waals surface area contributed by atoms with Gasteiger partial charge < -0.3 is 0 Å². The van der Waals surface area contributed by atoms with Crippen molar-refractivity contribution in [3.8, 4) is 0 Å². The first-order valence-corrected chi connectivity index (χ1v) is 12.8. The monoisotopic (exact) mass is 386 g/mol. The van der Waals surface area contributed by atoms with Crippen molar-refractivity contribution in [2.75, 3.05) is 23.0 Å². The molecule has 0 saturated heterocycles. The van der Waals surface area contributed by atoms with Crippen LogP contribution in [0.5, 0.6) is 0 Å². The van der Waals surface area contributed by atoms with Crippen molar-refractivity contribution >= 4 is 94.1 Å². The van der Waals surface area contributed by atoms with E-state index in [2.05, 4.69) is 23.5 Å². The van der Waals surface area contributed by atoms with Gasteiger partial charge in [0, 0.05) is 35.0 Å². The first-order valence-electron chi connectivity index (χ1n) is 5.45. The summed E-state index contributed by atoms with van der Waals surface area (Å²) in [5.74, 6) is 5.28. The van der Waals surface area contributed by atoms with Crippen molar-refractivity contribution in [1.82, 2.24) is 0 Å². The second-order valence-corrected chi connectivity index (χ2v) is 14.0. The van der Waals surface area contributed by atoms with Gasteiger partial charge >= 0.3 is 0 Å². The molecule has 0 aliphatic carbocycles. The zero-order valence-electron chi connectivity index (χ0n) is 9.17. The lowest BCUT2D eigenvalue weighted by molar-refractivity contribution is 1.55. The second-order valence-electron chi connectivity index (χ2n) is 3.63. The Morgan fingerprint density at radius 3 is 1.56 bits per heavy atom. The van der Waals surface area contributed by atoms with E-state index in [9.17, 15) is 0 Å². The van der Waals surface area contributed by atoms with Crippen molar-refractivity contribution in [1.29, 1.82) is 0 Å². The van der Waals surface area contributed by atoms with Crippen LogP contribution in [-0.2, 0) is 23.5 Å². The van der Waals surface area contributed by atoms with Crippen LogP contribution in [0.25, 0.3) is 0 Å². The Kier molecular flexibility index (Phi) is 4.57. The number of hydrogen-bond donors (Lipinski definition) is 0. The average molecular weight is 387 g/mol. The Morgan fingerprint density at radius 2 is 1.11 bits per heavy atom. The summed E-state index contributed by atoms with van der Waals surface area (Å²) in [5, 5.41) is 0. The zero-order valence-corrected chi connectivity index (χ0v) is 15.9. The number of thiol groups is 2. The summed E-state index contributed by atoms with van der Waals surface area (Å²) in [6, 6.07) is 0. The Balaban J connectivity index is 1.54. The molecule has 18 heavy (non-hydrogen) atoms. The molecule has 4 aliphatic rings. The maximum atomic E-state index is 2.06. The lowest BCUT2D eigenvalue weighted by Crippen LogP contribution is -1.98. The highest BCUT2D eigenvalue weighted by molar-refractivity contribution is 8.43. The molecule has 0 aromatic heterocycles. The molecule has 4 aliphatic heterocycles. The van der Waals surface area contributed by atoms with Gasteiger partial charge in [-0.1, -0.05) is 23.5 Å². The fraction of sp³-hybridized carbons (Fsp3) is 0.400. The normalized spacial score (nSPS) is 32.0. The maximum Gasteiger partial charge on any atom is 0.211 e. The molecule has 96 valence electrons. The number of rotatable bonds is 0. The van der Waals surface area contributed by atoms with Gasteiger partial charge in [-0.25, -0.2) is 0 Å². The Bertz CT molecular complexity index is 404. The molecule has 0 saturated carbocycles. The summed E-state index contributed by atoms with van der Waals surface area (Å²) >= 11 is 15.4. The molecule has 0 aromatic carbocycles. The van der Waals surface area contributed by atoms with E-state index >= 15 is 0 Å². The van der Waals surface area contributed by atoms with Gasteiger partial charge in [-0.2, -0.15) is 0 Å². The van der Waals surface area contributed by atoms with Crippen molar-refractivity contribution in [2.24, 2.45) is 0 Å². The lowest BCUT2D eigenvalue weighted by atomic mass is 11.0. The second kappa shape index (κ2) is 6.02. The average Bonchev–Trinajstić information content (AvgIpc) is 3.02. The minimum Gasteiger partial charge on any atom is -0.108 e. The Hall–Kier alpha value is 2.02. The van der Waals surface area contributed by atoms with Gasteiger partial charge in [-0.3, -0.25) is 0 Å². The fourth-order valence-electron chi connectivity index (χ4n) is 1.67. The first-order chi connectivity index (χ1) is 8.90. The van der Waals surface area contributed by atoms with E-state index in [-0.39, 0.29) is 0 Å². The zero-order chi connectivity index (χ0) is 11.9. The lowest BCUT2D eigenvalue weighted by Gasteiger charge is -2.02. The van der Waals surface area contributed by atoms with Crippen LogP contribution in [0.4, 0.5) is 0 Å². The van der Waals surface area contributed by atoms with E-state index in [0.29, 0.717) is 0 Å². The van der Waals surface area contributed by atoms with Crippen LogP contribution in [-0.4, -0.2) is 23.0 Å². The third kappa shape index (κ3) is 2.69. The van der Waals surface area contributed by atoms with Crippen LogP contribution in [0.2, 0.25) is 0 Å². The molecule has 0 atom stereocenters. The van der Waals surface area contributed by atoms with Crippen LogP contribution >= 0.6 is 70.6 Å². The van der Waals surface area contributed by atoms with Gasteiger partial charge in [0.2, 0.25) is 8.47 Å². The molecular formula is C10H10S8+2. The molecular weight excluding hydrogens is 377 g/mol. The van der Waals surface area contributed by atoms with Crippen LogP contribution in [0.1, 0.15) is 0 Å². The summed E-state index contributed by atoms with van der Waals surface area (Å²) < 4.78 is 9.53. The predicted molar refractivity (Wildman–Crippen MR) is 104 cm³/mol. The molecule has 0 bridgehead atoms. The minimum atomic E-state index is 1.31. The summed E-state index contributed by atoms with van der Waals surface area (Å²) in [5.41, 5.74) is 0. The van der Waals surface area contributed by atoms with Crippen molar-refractivity contribution in [3.05, 3.63) is 25.4 Å². The van der Waals surface area contributed by atoms with Crippen LogP contribution < -0.4 is 0 Å². The Morgan fingerprint density at radius 1 is 0.611 bits per heavy atom. The molecule has 8 heteroatoms. The summed E-state index contributed by atoms with van der Waals surface area (Å²) in [4.78, 5) is 0.